The Morgan fingerprint density at radius 2 is 1.82 bits per heavy atom. The molecule has 1 aromatic carbocycles. The van der Waals surface area contributed by atoms with Crippen LogP contribution in [0, 0.1) is 23.2 Å². The first-order valence-corrected chi connectivity index (χ1v) is 15.1. The first kappa shape index (κ1) is 27.3. The van der Waals surface area contributed by atoms with Crippen LogP contribution >= 0.6 is 11.6 Å². The Labute approximate surface area is 228 Å². The Morgan fingerprint density at radius 1 is 1.08 bits per heavy atom. The van der Waals surface area contributed by atoms with Crippen LogP contribution in [0.3, 0.4) is 0 Å². The van der Waals surface area contributed by atoms with Crippen molar-refractivity contribution in [3.8, 4) is 6.07 Å². The Bertz CT molecular complexity index is 1210. The Kier molecular flexibility index (Phi) is 7.73. The van der Waals surface area contributed by atoms with Crippen molar-refractivity contribution in [3.05, 3.63) is 34.9 Å². The maximum absolute atomic E-state index is 14.1. The number of nitrogens with two attached hydrogens (primary N) is 1. The van der Waals surface area contributed by atoms with Gasteiger partial charge in [-0.2, -0.15) is 22.3 Å². The number of rotatable bonds is 7. The van der Waals surface area contributed by atoms with Gasteiger partial charge >= 0.3 is 0 Å². The van der Waals surface area contributed by atoms with E-state index in [0.29, 0.717) is 50.4 Å². The highest BCUT2D eigenvalue weighted by Crippen LogP contribution is 2.47. The lowest BCUT2D eigenvalue weighted by Gasteiger charge is -2.46. The number of benzene rings is 1. The summed E-state index contributed by atoms with van der Waals surface area (Å²) >= 11 is 6.16. The fourth-order valence-electron chi connectivity index (χ4n) is 6.66. The number of nitrogens with zero attached hydrogens (tertiary/aromatic N) is 4. The van der Waals surface area contributed by atoms with E-state index in [1.54, 1.807) is 17.0 Å². The molecule has 38 heavy (non-hydrogen) atoms. The molecule has 2 N–H and O–H groups in total. The lowest BCUT2D eigenvalue weighted by Crippen LogP contribution is -2.63. The normalized spacial score (nSPS) is 30.1. The third kappa shape index (κ3) is 4.71. The topological polar surface area (TPSA) is 137 Å². The number of amides is 2. The second-order valence-corrected chi connectivity index (χ2v) is 13.2. The minimum atomic E-state index is -3.76. The molecule has 4 fully saturated rings. The number of primary amides is 1. The van der Waals surface area contributed by atoms with Gasteiger partial charge < -0.3 is 15.4 Å². The van der Waals surface area contributed by atoms with Gasteiger partial charge in [-0.1, -0.05) is 23.7 Å². The molecule has 0 radical (unpaired) electrons. The quantitative estimate of drug-likeness (QED) is 0.537. The Hall–Kier alpha value is -2.23. The average molecular weight is 564 g/mol. The van der Waals surface area contributed by atoms with Crippen molar-refractivity contribution in [2.45, 2.75) is 56.1 Å². The van der Waals surface area contributed by atoms with Gasteiger partial charge in [-0.05, 0) is 56.2 Å². The van der Waals surface area contributed by atoms with Crippen LogP contribution in [-0.4, -0.2) is 84.7 Å². The molecule has 2 amide bonds. The van der Waals surface area contributed by atoms with Crippen molar-refractivity contribution in [2.24, 2.45) is 17.6 Å². The van der Waals surface area contributed by atoms with Crippen LogP contribution in [0.4, 0.5) is 0 Å². The van der Waals surface area contributed by atoms with Gasteiger partial charge in [0, 0.05) is 50.3 Å². The lowest BCUT2D eigenvalue weighted by atomic mass is 9.72. The summed E-state index contributed by atoms with van der Waals surface area (Å²) in [6, 6.07) is 9.38. The lowest BCUT2D eigenvalue weighted by molar-refractivity contribution is -0.151. The third-order valence-corrected chi connectivity index (χ3v) is 10.8. The molecule has 4 aliphatic heterocycles. The highest BCUT2D eigenvalue weighted by molar-refractivity contribution is 7.86. The van der Waals surface area contributed by atoms with Crippen LogP contribution in [0.25, 0.3) is 0 Å². The summed E-state index contributed by atoms with van der Waals surface area (Å²) in [4.78, 5) is 29.1. The molecule has 0 spiro atoms. The minimum absolute atomic E-state index is 0.0474. The molecular weight excluding hydrogens is 530 g/mol. The van der Waals surface area contributed by atoms with E-state index in [1.165, 1.54) is 8.61 Å². The van der Waals surface area contributed by atoms with Gasteiger partial charge in [-0.15, -0.1) is 0 Å². The van der Waals surface area contributed by atoms with Crippen LogP contribution in [0.2, 0.25) is 5.02 Å². The summed E-state index contributed by atoms with van der Waals surface area (Å²) in [5, 5.41) is 9.61. The SMILES string of the molecule is N#CC1CN(S(=O)(=O)N2CCC[C@H](C(=O)N3CCC[C@@]3(C(N)=O)[C@@H](c3ccc(Cl)cc3)[C@@H]3CCCO3)C2)C1. The molecule has 0 aliphatic carbocycles. The van der Waals surface area contributed by atoms with E-state index in [2.05, 4.69) is 6.07 Å². The van der Waals surface area contributed by atoms with Crippen molar-refractivity contribution < 1.29 is 22.7 Å². The van der Waals surface area contributed by atoms with Crippen LogP contribution in [0.1, 0.15) is 50.0 Å². The summed E-state index contributed by atoms with van der Waals surface area (Å²) in [6.07, 6.45) is 3.43. The summed E-state index contributed by atoms with van der Waals surface area (Å²) in [5.74, 6) is -2.15. The number of piperidine rings is 1. The van der Waals surface area contributed by atoms with Crippen molar-refractivity contribution in [1.82, 2.24) is 13.5 Å². The van der Waals surface area contributed by atoms with Gasteiger partial charge in [-0.3, -0.25) is 9.59 Å². The number of hydrogen-bond donors (Lipinski definition) is 1. The zero-order valence-electron chi connectivity index (χ0n) is 21.3. The Balaban J connectivity index is 1.43. The molecule has 0 saturated carbocycles. The summed E-state index contributed by atoms with van der Waals surface area (Å²) in [5.41, 5.74) is 5.73. The molecule has 1 aromatic rings. The number of carbonyl (C=O) groups excluding carboxylic acids is 2. The summed E-state index contributed by atoms with van der Waals surface area (Å²) in [7, 11) is -3.76. The molecule has 4 atom stereocenters. The third-order valence-electron chi connectivity index (χ3n) is 8.61. The molecule has 4 aliphatic rings. The fourth-order valence-corrected chi connectivity index (χ4v) is 8.58. The van der Waals surface area contributed by atoms with Gasteiger partial charge in [0.1, 0.15) is 5.54 Å². The van der Waals surface area contributed by atoms with E-state index in [0.717, 1.165) is 18.4 Å². The zero-order valence-corrected chi connectivity index (χ0v) is 22.9. The second-order valence-electron chi connectivity index (χ2n) is 10.8. The summed E-state index contributed by atoms with van der Waals surface area (Å²) < 4.78 is 35.1. The van der Waals surface area contributed by atoms with E-state index in [1.807, 2.05) is 12.1 Å². The minimum Gasteiger partial charge on any atom is -0.377 e. The molecule has 0 unspecified atom stereocenters. The van der Waals surface area contributed by atoms with Crippen molar-refractivity contribution in [3.63, 3.8) is 0 Å². The number of nitriles is 1. The van der Waals surface area contributed by atoms with Gasteiger partial charge in [0.05, 0.1) is 24.0 Å². The van der Waals surface area contributed by atoms with Crippen molar-refractivity contribution >= 4 is 33.6 Å². The van der Waals surface area contributed by atoms with Crippen molar-refractivity contribution in [2.75, 3.05) is 39.3 Å². The number of hydrogen-bond acceptors (Lipinski definition) is 6. The fraction of sp³-hybridized carbons (Fsp3) is 0.654. The van der Waals surface area contributed by atoms with Gasteiger partial charge in [0.25, 0.3) is 10.2 Å². The van der Waals surface area contributed by atoms with E-state index >= 15 is 0 Å². The predicted molar refractivity (Wildman–Crippen MR) is 140 cm³/mol. The van der Waals surface area contributed by atoms with Gasteiger partial charge in [0.2, 0.25) is 11.8 Å². The molecule has 12 heteroatoms. The average Bonchev–Trinajstić information content (AvgIpc) is 3.56. The molecule has 4 heterocycles. The smallest absolute Gasteiger partial charge is 0.282 e. The van der Waals surface area contributed by atoms with Gasteiger partial charge in [-0.25, -0.2) is 0 Å². The molecule has 10 nitrogen and oxygen atoms in total. The van der Waals surface area contributed by atoms with Crippen LogP contribution in [0.15, 0.2) is 24.3 Å². The maximum atomic E-state index is 14.1. The van der Waals surface area contributed by atoms with E-state index in [-0.39, 0.29) is 37.6 Å². The molecular formula is C26H34ClN5O5S. The molecule has 0 bridgehead atoms. The molecule has 5 rings (SSSR count). The van der Waals surface area contributed by atoms with E-state index < -0.39 is 33.5 Å². The number of halogens is 1. The molecule has 4 saturated heterocycles. The maximum Gasteiger partial charge on any atom is 0.282 e. The number of likely N-dealkylation sites (tertiary alicyclic amines) is 1. The monoisotopic (exact) mass is 563 g/mol. The van der Waals surface area contributed by atoms with E-state index in [4.69, 9.17) is 27.3 Å². The highest BCUT2D eigenvalue weighted by atomic mass is 35.5. The van der Waals surface area contributed by atoms with Crippen LogP contribution in [0.5, 0.6) is 0 Å². The standard InChI is InChI=1S/C26H34ClN5O5S/c27-21-8-6-19(7-9-21)23(22-5-2-13-37-22)26(25(29)34)10-3-12-32(26)24(33)20-4-1-11-30(17-20)38(35,36)31-15-18(14-28)16-31/h6-9,18,20,22-23H,1-5,10-13,15-17H2,(H2,29,34)/t20-,22-,23-,26-/m0/s1. The first-order valence-electron chi connectivity index (χ1n) is 13.3. The molecule has 0 aromatic heterocycles. The molecule has 206 valence electrons. The van der Waals surface area contributed by atoms with E-state index in [9.17, 15) is 18.0 Å². The number of ether oxygens (including phenoxy) is 1. The van der Waals surface area contributed by atoms with Gasteiger partial charge in [0.15, 0.2) is 0 Å². The largest absolute Gasteiger partial charge is 0.377 e. The van der Waals surface area contributed by atoms with Crippen molar-refractivity contribution in [1.29, 1.82) is 5.26 Å². The zero-order chi connectivity index (χ0) is 27.1. The summed E-state index contributed by atoms with van der Waals surface area (Å²) in [6.45, 7) is 1.67. The van der Waals surface area contributed by atoms with Crippen LogP contribution < -0.4 is 5.73 Å². The Morgan fingerprint density at radius 3 is 2.45 bits per heavy atom. The first-order chi connectivity index (χ1) is 18.2. The second kappa shape index (κ2) is 10.7. The van der Waals surface area contributed by atoms with Crippen LogP contribution in [-0.2, 0) is 24.5 Å². The number of carbonyl (C=O) groups is 2. The predicted octanol–water partition coefficient (Wildman–Crippen LogP) is 1.86. The highest BCUT2D eigenvalue weighted by Gasteiger charge is 2.58.